The molecule has 0 bridgehead atoms. The van der Waals surface area contributed by atoms with E-state index in [-0.39, 0.29) is 18.7 Å². The van der Waals surface area contributed by atoms with Gasteiger partial charge in [0.25, 0.3) is 0 Å². The summed E-state index contributed by atoms with van der Waals surface area (Å²) in [6.45, 7) is 3.27. The summed E-state index contributed by atoms with van der Waals surface area (Å²) in [6, 6.07) is 9.55. The number of aliphatic hydroxyl groups is 1. The van der Waals surface area contributed by atoms with Crippen LogP contribution in [0.1, 0.15) is 29.0 Å². The van der Waals surface area contributed by atoms with Crippen molar-refractivity contribution in [3.8, 4) is 0 Å². The molecule has 0 saturated carbocycles. The van der Waals surface area contributed by atoms with E-state index in [2.05, 4.69) is 15.3 Å². The molecule has 0 fully saturated rings. The Balaban J connectivity index is 1.65. The molecule has 3 aromatic rings. The van der Waals surface area contributed by atoms with Gasteiger partial charge >= 0.3 is 6.09 Å². The zero-order valence-corrected chi connectivity index (χ0v) is 16.4. The van der Waals surface area contributed by atoms with Crippen molar-refractivity contribution in [2.75, 3.05) is 25.1 Å². The first-order valence-electron chi connectivity index (χ1n) is 9.30. The van der Waals surface area contributed by atoms with Crippen LogP contribution in [0.4, 0.5) is 10.6 Å². The van der Waals surface area contributed by atoms with E-state index in [4.69, 9.17) is 4.74 Å². The summed E-state index contributed by atoms with van der Waals surface area (Å²) in [5, 5.41) is 14.3. The van der Waals surface area contributed by atoms with Crippen LogP contribution in [0.3, 0.4) is 0 Å². The predicted molar refractivity (Wildman–Crippen MR) is 108 cm³/mol. The fourth-order valence-electron chi connectivity index (χ4n) is 3.49. The van der Waals surface area contributed by atoms with Crippen LogP contribution in [-0.2, 0) is 17.7 Å². The van der Waals surface area contributed by atoms with Crippen LogP contribution in [0.25, 0.3) is 10.2 Å². The number of nitrogens with one attached hydrogen (secondary N) is 1. The van der Waals surface area contributed by atoms with E-state index in [1.807, 2.05) is 37.3 Å². The van der Waals surface area contributed by atoms with Crippen LogP contribution in [0.5, 0.6) is 0 Å². The molecule has 1 amide bonds. The Kier molecular flexibility index (Phi) is 5.40. The molecule has 2 N–H and O–H groups in total. The lowest BCUT2D eigenvalue weighted by Gasteiger charge is -2.26. The maximum Gasteiger partial charge on any atom is 0.410 e. The smallest absolute Gasteiger partial charge is 0.410 e. The lowest BCUT2D eigenvalue weighted by Crippen LogP contribution is -2.35. The van der Waals surface area contributed by atoms with Crippen LogP contribution in [0.2, 0.25) is 0 Å². The van der Waals surface area contributed by atoms with Crippen molar-refractivity contribution in [1.82, 2.24) is 14.9 Å². The van der Waals surface area contributed by atoms with Gasteiger partial charge in [-0.15, -0.1) is 11.3 Å². The van der Waals surface area contributed by atoms with E-state index in [0.717, 1.165) is 32.9 Å². The minimum Gasteiger partial charge on any atom is -0.450 e. The molecule has 0 radical (unpaired) electrons. The van der Waals surface area contributed by atoms with Gasteiger partial charge in [0.15, 0.2) is 0 Å². The molecule has 1 atom stereocenters. The minimum absolute atomic E-state index is 0.0432. The predicted octanol–water partition coefficient (Wildman–Crippen LogP) is 3.35. The number of aliphatic hydroxyl groups excluding tert-OH is 1. The number of nitrogens with zero attached hydrogens (tertiary/aromatic N) is 3. The molecular weight excluding hydrogens is 376 g/mol. The first-order chi connectivity index (χ1) is 13.7. The second kappa shape index (κ2) is 8.12. The summed E-state index contributed by atoms with van der Waals surface area (Å²) < 4.78 is 5.13. The van der Waals surface area contributed by atoms with Crippen molar-refractivity contribution < 1.29 is 14.6 Å². The second-order valence-electron chi connectivity index (χ2n) is 6.57. The maximum absolute atomic E-state index is 12.1. The Morgan fingerprint density at radius 1 is 1.36 bits per heavy atom. The number of carbonyl (C=O) groups excluding carboxylic acids is 1. The number of rotatable bonds is 5. The summed E-state index contributed by atoms with van der Waals surface area (Å²) >= 11 is 1.58. The quantitative estimate of drug-likeness (QED) is 0.685. The normalized spacial score (nSPS) is 14.6. The molecule has 0 saturated heterocycles. The summed E-state index contributed by atoms with van der Waals surface area (Å²) in [4.78, 5) is 24.7. The summed E-state index contributed by atoms with van der Waals surface area (Å²) in [7, 11) is 0. The number of amides is 1. The molecule has 4 rings (SSSR count). The van der Waals surface area contributed by atoms with Crippen LogP contribution in [0.15, 0.2) is 36.7 Å². The van der Waals surface area contributed by atoms with E-state index in [1.54, 1.807) is 16.2 Å². The van der Waals surface area contributed by atoms with Crippen molar-refractivity contribution in [2.24, 2.45) is 0 Å². The molecule has 1 aromatic carbocycles. The number of aromatic nitrogens is 2. The van der Waals surface area contributed by atoms with Crippen LogP contribution in [0, 0.1) is 0 Å². The average molecular weight is 398 g/mol. The molecule has 0 aliphatic carbocycles. The van der Waals surface area contributed by atoms with Gasteiger partial charge in [0.2, 0.25) is 0 Å². The van der Waals surface area contributed by atoms with Crippen molar-refractivity contribution in [3.05, 3.63) is 52.7 Å². The summed E-state index contributed by atoms with van der Waals surface area (Å²) in [5.41, 5.74) is 2.17. The number of hydrogen-bond acceptors (Lipinski definition) is 7. The highest BCUT2D eigenvalue weighted by Gasteiger charge is 2.27. The van der Waals surface area contributed by atoms with Gasteiger partial charge in [-0.2, -0.15) is 0 Å². The SMILES string of the molecule is CCOC(=O)N1CCc2c(sc3ncnc(N[C@H](CO)c4ccccc4)c23)C1. The molecule has 8 heteroatoms. The van der Waals surface area contributed by atoms with E-state index >= 15 is 0 Å². The average Bonchev–Trinajstić information content (AvgIpc) is 3.11. The monoisotopic (exact) mass is 398 g/mol. The van der Waals surface area contributed by atoms with Crippen molar-refractivity contribution >= 4 is 33.5 Å². The summed E-state index contributed by atoms with van der Waals surface area (Å²) in [5.74, 6) is 0.718. The number of thiophene rings is 1. The third-order valence-corrected chi connectivity index (χ3v) is 5.98. The first-order valence-corrected chi connectivity index (χ1v) is 10.1. The molecule has 0 spiro atoms. The number of hydrogen-bond donors (Lipinski definition) is 2. The summed E-state index contributed by atoms with van der Waals surface area (Å²) in [6.07, 6.45) is 1.99. The van der Waals surface area contributed by atoms with E-state index < -0.39 is 0 Å². The Morgan fingerprint density at radius 2 is 2.18 bits per heavy atom. The fraction of sp³-hybridized carbons (Fsp3) is 0.350. The number of ether oxygens (including phenoxy) is 1. The highest BCUT2D eigenvalue weighted by Crippen LogP contribution is 2.38. The third-order valence-electron chi connectivity index (χ3n) is 4.86. The van der Waals surface area contributed by atoms with Gasteiger partial charge in [0.1, 0.15) is 17.0 Å². The standard InChI is InChI=1S/C20H22N4O3S/c1-2-27-20(26)24-9-8-14-16(10-24)28-19-17(14)18(21-12-22-19)23-15(11-25)13-6-4-3-5-7-13/h3-7,12,15,25H,2,8-11H2,1H3,(H,21,22,23)/t15-/m1/s1. The Hall–Kier alpha value is -2.71. The number of carbonyl (C=O) groups is 1. The van der Waals surface area contributed by atoms with Crippen LogP contribution >= 0.6 is 11.3 Å². The maximum atomic E-state index is 12.1. The van der Waals surface area contributed by atoms with Crippen LogP contribution in [-0.4, -0.2) is 45.8 Å². The van der Waals surface area contributed by atoms with Crippen molar-refractivity contribution in [3.63, 3.8) is 0 Å². The van der Waals surface area contributed by atoms with Gasteiger partial charge in [-0.3, -0.25) is 0 Å². The largest absolute Gasteiger partial charge is 0.450 e. The molecule has 0 unspecified atom stereocenters. The van der Waals surface area contributed by atoms with E-state index in [1.165, 1.54) is 11.9 Å². The zero-order chi connectivity index (χ0) is 19.5. The lowest BCUT2D eigenvalue weighted by molar-refractivity contribution is 0.103. The number of benzene rings is 1. The minimum atomic E-state index is -0.278. The van der Waals surface area contributed by atoms with Crippen LogP contribution < -0.4 is 5.32 Å². The van der Waals surface area contributed by atoms with Crippen molar-refractivity contribution in [1.29, 1.82) is 0 Å². The number of fused-ring (bicyclic) bond motifs is 3. The molecule has 7 nitrogen and oxygen atoms in total. The Labute approximate surface area is 167 Å². The van der Waals surface area contributed by atoms with Gasteiger partial charge in [-0.05, 0) is 24.5 Å². The Morgan fingerprint density at radius 3 is 2.93 bits per heavy atom. The van der Waals surface area contributed by atoms with Gasteiger partial charge in [0, 0.05) is 11.4 Å². The van der Waals surface area contributed by atoms with Gasteiger partial charge in [-0.25, -0.2) is 14.8 Å². The molecule has 146 valence electrons. The van der Waals surface area contributed by atoms with Gasteiger partial charge in [0.05, 0.1) is 31.2 Å². The molecule has 2 aromatic heterocycles. The molecule has 1 aliphatic rings. The molecule has 3 heterocycles. The van der Waals surface area contributed by atoms with Crippen molar-refractivity contribution in [2.45, 2.75) is 25.9 Å². The third kappa shape index (κ3) is 3.53. The molecule has 28 heavy (non-hydrogen) atoms. The fourth-order valence-corrected chi connectivity index (χ4v) is 4.70. The topological polar surface area (TPSA) is 87.6 Å². The molecule has 1 aliphatic heterocycles. The Bertz CT molecular complexity index is 976. The number of anilines is 1. The zero-order valence-electron chi connectivity index (χ0n) is 15.6. The van der Waals surface area contributed by atoms with E-state index in [9.17, 15) is 9.90 Å². The second-order valence-corrected chi connectivity index (χ2v) is 7.65. The first kappa shape index (κ1) is 18.6. The van der Waals surface area contributed by atoms with E-state index in [0.29, 0.717) is 19.7 Å². The highest BCUT2D eigenvalue weighted by atomic mass is 32.1. The lowest BCUT2D eigenvalue weighted by atomic mass is 10.0. The van der Waals surface area contributed by atoms with Gasteiger partial charge in [-0.1, -0.05) is 30.3 Å². The van der Waals surface area contributed by atoms with Gasteiger partial charge < -0.3 is 20.1 Å². The highest BCUT2D eigenvalue weighted by molar-refractivity contribution is 7.19. The molecular formula is C20H22N4O3S.